The van der Waals surface area contributed by atoms with E-state index in [9.17, 15) is 0 Å². The first kappa shape index (κ1) is 16.5. The van der Waals surface area contributed by atoms with Crippen LogP contribution in [0.4, 0.5) is 0 Å². The largest absolute Gasteiger partial charge is 0.323 e. The molecule has 0 bridgehead atoms. The van der Waals surface area contributed by atoms with Crippen LogP contribution in [0.25, 0.3) is 10.4 Å². The van der Waals surface area contributed by atoms with Crippen LogP contribution < -0.4 is 0 Å². The Labute approximate surface area is 135 Å². The zero-order chi connectivity index (χ0) is 15.9. The molecule has 0 amide bonds. The molecule has 2 aromatic rings. The molecule has 1 aromatic carbocycles. The molecule has 0 aliphatic heterocycles. The Hall–Kier alpha value is -1.91. The van der Waals surface area contributed by atoms with Crippen LogP contribution in [0, 0.1) is 0 Å². The van der Waals surface area contributed by atoms with E-state index in [1.54, 1.807) is 11.8 Å². The highest BCUT2D eigenvalue weighted by Gasteiger charge is 2.19. The summed E-state index contributed by atoms with van der Waals surface area (Å²) < 4.78 is 2.24. The Morgan fingerprint density at radius 2 is 2.05 bits per heavy atom. The Morgan fingerprint density at radius 3 is 2.64 bits per heavy atom. The Bertz CT molecular complexity index is 657. The van der Waals surface area contributed by atoms with Crippen LogP contribution in [-0.4, -0.2) is 16.1 Å². The maximum atomic E-state index is 8.44. The fourth-order valence-corrected chi connectivity index (χ4v) is 3.55. The molecule has 0 N–H and O–H groups in total. The summed E-state index contributed by atoms with van der Waals surface area (Å²) in [4.78, 5) is 8.84. The number of azide groups is 1. The van der Waals surface area contributed by atoms with E-state index in [4.69, 9.17) is 10.5 Å². The average molecular weight is 315 g/mol. The smallest absolute Gasteiger partial charge is 0.110 e. The van der Waals surface area contributed by atoms with Gasteiger partial charge in [-0.15, -0.1) is 0 Å². The summed E-state index contributed by atoms with van der Waals surface area (Å²) in [5, 5.41) is 4.82. The van der Waals surface area contributed by atoms with Gasteiger partial charge in [0.05, 0.1) is 5.69 Å². The molecule has 1 heterocycles. The van der Waals surface area contributed by atoms with Gasteiger partial charge in [-0.2, -0.15) is 0 Å². The van der Waals surface area contributed by atoms with E-state index in [-0.39, 0.29) is 0 Å². The van der Waals surface area contributed by atoms with Gasteiger partial charge < -0.3 is 4.57 Å². The number of benzene rings is 1. The topological polar surface area (TPSA) is 66.6 Å². The van der Waals surface area contributed by atoms with Crippen molar-refractivity contribution in [3.05, 3.63) is 52.3 Å². The summed E-state index contributed by atoms with van der Waals surface area (Å²) in [5.41, 5.74) is 9.56. The van der Waals surface area contributed by atoms with Crippen LogP contribution in [0.15, 0.2) is 45.4 Å². The third kappa shape index (κ3) is 3.84. The van der Waals surface area contributed by atoms with Crippen LogP contribution in [0.3, 0.4) is 0 Å². The third-order valence-corrected chi connectivity index (χ3v) is 4.48. The minimum atomic E-state index is 0.359. The molecular weight excluding hydrogens is 294 g/mol. The molecule has 0 fully saturated rings. The fourth-order valence-electron chi connectivity index (χ4n) is 2.30. The van der Waals surface area contributed by atoms with E-state index >= 15 is 0 Å². The van der Waals surface area contributed by atoms with E-state index in [1.807, 2.05) is 18.2 Å². The van der Waals surface area contributed by atoms with Gasteiger partial charge in [-0.1, -0.05) is 48.9 Å². The molecular formula is C16H21N5S. The standard InChI is InChI=1S/C16H21N5S/c1-4-21-14(10-11-18-20-17)19-15(12(2)3)16(21)22-13-8-6-5-7-9-13/h5-9,12H,4,10-11H2,1-3H3. The third-order valence-electron chi connectivity index (χ3n) is 3.34. The van der Waals surface area contributed by atoms with Crippen molar-refractivity contribution in [1.29, 1.82) is 0 Å². The summed E-state index contributed by atoms with van der Waals surface area (Å²) in [7, 11) is 0. The van der Waals surface area contributed by atoms with Crippen LogP contribution in [-0.2, 0) is 13.0 Å². The molecule has 0 saturated heterocycles. The molecule has 0 aliphatic rings. The maximum Gasteiger partial charge on any atom is 0.110 e. The molecule has 0 atom stereocenters. The molecule has 0 saturated carbocycles. The van der Waals surface area contributed by atoms with Gasteiger partial charge in [0.25, 0.3) is 0 Å². The number of hydrogen-bond acceptors (Lipinski definition) is 3. The zero-order valence-electron chi connectivity index (χ0n) is 13.2. The van der Waals surface area contributed by atoms with Crippen LogP contribution in [0.5, 0.6) is 0 Å². The van der Waals surface area contributed by atoms with E-state index in [0.717, 1.165) is 18.1 Å². The average Bonchev–Trinajstić information content (AvgIpc) is 2.86. The van der Waals surface area contributed by atoms with Crippen LogP contribution in [0.2, 0.25) is 0 Å². The lowest BCUT2D eigenvalue weighted by Gasteiger charge is -2.11. The van der Waals surface area contributed by atoms with Gasteiger partial charge in [-0.3, -0.25) is 0 Å². The molecule has 5 nitrogen and oxygen atoms in total. The molecule has 2 rings (SSSR count). The predicted molar refractivity (Wildman–Crippen MR) is 90.3 cm³/mol. The first-order valence-electron chi connectivity index (χ1n) is 7.50. The van der Waals surface area contributed by atoms with E-state index in [0.29, 0.717) is 18.9 Å². The number of aromatic nitrogens is 2. The van der Waals surface area contributed by atoms with E-state index < -0.39 is 0 Å². The van der Waals surface area contributed by atoms with E-state index in [2.05, 4.69) is 47.5 Å². The Morgan fingerprint density at radius 1 is 1.32 bits per heavy atom. The first-order valence-corrected chi connectivity index (χ1v) is 8.32. The summed E-state index contributed by atoms with van der Waals surface area (Å²) >= 11 is 1.75. The summed E-state index contributed by atoms with van der Waals surface area (Å²) in [6, 6.07) is 10.3. The minimum Gasteiger partial charge on any atom is -0.323 e. The SMILES string of the molecule is CCn1c(CCN=[N+]=[N-])nc(C(C)C)c1Sc1ccccc1. The van der Waals surface area contributed by atoms with Crippen molar-refractivity contribution in [2.75, 3.05) is 6.54 Å². The van der Waals surface area contributed by atoms with Gasteiger partial charge >= 0.3 is 0 Å². The Balaban J connectivity index is 2.38. The second-order valence-electron chi connectivity index (χ2n) is 5.24. The second kappa shape index (κ2) is 7.92. The van der Waals surface area contributed by atoms with Crippen LogP contribution >= 0.6 is 11.8 Å². The predicted octanol–water partition coefficient (Wildman–Crippen LogP) is 5.03. The number of hydrogen-bond donors (Lipinski definition) is 0. The van der Waals surface area contributed by atoms with Gasteiger partial charge in [0.2, 0.25) is 0 Å². The van der Waals surface area contributed by atoms with Crippen molar-refractivity contribution < 1.29 is 0 Å². The van der Waals surface area contributed by atoms with Crippen LogP contribution in [0.1, 0.15) is 38.2 Å². The van der Waals surface area contributed by atoms with Gasteiger partial charge in [0.15, 0.2) is 0 Å². The van der Waals surface area contributed by atoms with Crippen molar-refractivity contribution in [2.45, 2.75) is 49.6 Å². The van der Waals surface area contributed by atoms with Crippen molar-refractivity contribution >= 4 is 11.8 Å². The lowest BCUT2D eigenvalue weighted by Crippen LogP contribution is -2.04. The second-order valence-corrected chi connectivity index (χ2v) is 6.30. The van der Waals surface area contributed by atoms with Gasteiger partial charge in [0, 0.05) is 29.3 Å². The molecule has 1 aromatic heterocycles. The van der Waals surface area contributed by atoms with Gasteiger partial charge in [-0.05, 0) is 30.5 Å². The molecule has 22 heavy (non-hydrogen) atoms. The number of nitrogens with zero attached hydrogens (tertiary/aromatic N) is 5. The van der Waals surface area contributed by atoms with Crippen molar-refractivity contribution in [1.82, 2.24) is 9.55 Å². The van der Waals surface area contributed by atoms with Gasteiger partial charge in [-0.25, -0.2) is 4.98 Å². The summed E-state index contributed by atoms with van der Waals surface area (Å²) in [6.07, 6.45) is 0.674. The Kier molecular flexibility index (Phi) is 5.92. The molecule has 6 heteroatoms. The maximum absolute atomic E-state index is 8.44. The molecule has 0 aliphatic carbocycles. The quantitative estimate of drug-likeness (QED) is 0.408. The lowest BCUT2D eigenvalue weighted by molar-refractivity contribution is 0.642. The van der Waals surface area contributed by atoms with Crippen molar-refractivity contribution in [3.63, 3.8) is 0 Å². The van der Waals surface area contributed by atoms with Gasteiger partial charge in [0.1, 0.15) is 10.9 Å². The molecule has 0 radical (unpaired) electrons. The zero-order valence-corrected chi connectivity index (χ0v) is 14.0. The van der Waals surface area contributed by atoms with E-state index in [1.165, 1.54) is 9.92 Å². The monoisotopic (exact) mass is 315 g/mol. The normalized spacial score (nSPS) is 10.7. The lowest BCUT2D eigenvalue weighted by atomic mass is 10.1. The highest BCUT2D eigenvalue weighted by Crippen LogP contribution is 2.34. The highest BCUT2D eigenvalue weighted by molar-refractivity contribution is 7.99. The first-order chi connectivity index (χ1) is 10.7. The molecule has 0 unspecified atom stereocenters. The molecule has 116 valence electrons. The molecule has 0 spiro atoms. The minimum absolute atomic E-state index is 0.359. The summed E-state index contributed by atoms with van der Waals surface area (Å²) in [6.45, 7) is 7.75. The number of imidazole rings is 1. The fraction of sp³-hybridized carbons (Fsp3) is 0.438. The summed E-state index contributed by atoms with van der Waals surface area (Å²) in [5.74, 6) is 1.36. The number of rotatable bonds is 7. The highest BCUT2D eigenvalue weighted by atomic mass is 32.2. The van der Waals surface area contributed by atoms with Crippen molar-refractivity contribution in [2.24, 2.45) is 5.11 Å². The van der Waals surface area contributed by atoms with Crippen molar-refractivity contribution in [3.8, 4) is 0 Å².